The molecule has 0 saturated carbocycles. The van der Waals surface area contributed by atoms with Gasteiger partial charge in [-0.2, -0.15) is 4.31 Å². The molecule has 156 valence electrons. The zero-order valence-electron chi connectivity index (χ0n) is 16.9. The second kappa shape index (κ2) is 10.0. The van der Waals surface area contributed by atoms with Crippen LogP contribution in [0.4, 0.5) is 0 Å². The number of aryl methyl sites for hydroxylation is 1. The van der Waals surface area contributed by atoms with Gasteiger partial charge in [-0.05, 0) is 50.8 Å². The number of esters is 1. The van der Waals surface area contributed by atoms with Crippen LogP contribution in [0.15, 0.2) is 23.1 Å². The van der Waals surface area contributed by atoms with Crippen molar-refractivity contribution in [2.75, 3.05) is 19.7 Å². The van der Waals surface area contributed by atoms with Gasteiger partial charge in [-0.15, -0.1) is 0 Å². The number of ether oxygens (including phenoxy) is 1. The molecule has 2 rings (SSSR count). The molecule has 0 radical (unpaired) electrons. The molecule has 1 aliphatic rings. The van der Waals surface area contributed by atoms with Crippen LogP contribution in [0.5, 0.6) is 0 Å². The zero-order chi connectivity index (χ0) is 20.7. The predicted octanol–water partition coefficient (Wildman–Crippen LogP) is 2.63. The summed E-state index contributed by atoms with van der Waals surface area (Å²) in [6, 6.07) is 4.47. The molecule has 1 amide bonds. The first-order valence-corrected chi connectivity index (χ1v) is 11.3. The van der Waals surface area contributed by atoms with Gasteiger partial charge in [0.1, 0.15) is 0 Å². The van der Waals surface area contributed by atoms with Crippen LogP contribution in [0.25, 0.3) is 0 Å². The van der Waals surface area contributed by atoms with Gasteiger partial charge in [-0.25, -0.2) is 13.2 Å². The van der Waals surface area contributed by atoms with E-state index in [2.05, 4.69) is 5.32 Å². The number of nitrogens with one attached hydrogen (secondary N) is 1. The molecule has 0 unspecified atom stereocenters. The molecule has 8 heteroatoms. The minimum atomic E-state index is -3.66. The summed E-state index contributed by atoms with van der Waals surface area (Å²) in [4.78, 5) is 24.3. The Bertz CT molecular complexity index is 801. The number of carbonyl (C=O) groups excluding carboxylic acids is 2. The van der Waals surface area contributed by atoms with Gasteiger partial charge in [0.05, 0.1) is 10.5 Å². The lowest BCUT2D eigenvalue weighted by atomic mass is 10.1. The second-order valence-electron chi connectivity index (χ2n) is 7.28. The summed E-state index contributed by atoms with van der Waals surface area (Å²) in [5, 5.41) is 2.76. The molecule has 0 bridgehead atoms. The lowest BCUT2D eigenvalue weighted by Crippen LogP contribution is -2.36. The monoisotopic (exact) mass is 410 g/mol. The number of nitrogens with zero attached hydrogens (tertiary/aromatic N) is 1. The molecule has 1 saturated heterocycles. The average molecular weight is 411 g/mol. The van der Waals surface area contributed by atoms with Crippen molar-refractivity contribution < 1.29 is 22.7 Å². The smallest absolute Gasteiger partial charge is 0.338 e. The summed E-state index contributed by atoms with van der Waals surface area (Å²) in [6.45, 7) is 6.21. The van der Waals surface area contributed by atoms with E-state index in [1.165, 1.54) is 16.4 Å². The molecule has 1 aromatic rings. The number of carbonyl (C=O) groups is 2. The molecular formula is C20H30N2O5S. The van der Waals surface area contributed by atoms with Crippen LogP contribution in [0.2, 0.25) is 0 Å². The Kier molecular flexibility index (Phi) is 8.00. The van der Waals surface area contributed by atoms with Gasteiger partial charge in [-0.1, -0.05) is 25.8 Å². The van der Waals surface area contributed by atoms with Crippen LogP contribution in [-0.4, -0.2) is 50.3 Å². The number of amides is 1. The van der Waals surface area contributed by atoms with Crippen molar-refractivity contribution in [3.8, 4) is 0 Å². The highest BCUT2D eigenvalue weighted by Crippen LogP contribution is 2.24. The van der Waals surface area contributed by atoms with Crippen LogP contribution >= 0.6 is 0 Å². The summed E-state index contributed by atoms with van der Waals surface area (Å²) < 4.78 is 32.4. The van der Waals surface area contributed by atoms with E-state index in [9.17, 15) is 18.0 Å². The summed E-state index contributed by atoms with van der Waals surface area (Å²) in [5.41, 5.74) is 0.698. The van der Waals surface area contributed by atoms with Gasteiger partial charge < -0.3 is 10.1 Å². The Hall–Kier alpha value is -1.93. The van der Waals surface area contributed by atoms with Crippen molar-refractivity contribution >= 4 is 21.9 Å². The number of hydrogen-bond acceptors (Lipinski definition) is 5. The van der Waals surface area contributed by atoms with E-state index in [1.807, 2.05) is 13.8 Å². The Morgan fingerprint density at radius 3 is 2.54 bits per heavy atom. The zero-order valence-corrected chi connectivity index (χ0v) is 17.7. The number of rotatable bonds is 8. The minimum Gasteiger partial charge on any atom is -0.452 e. The van der Waals surface area contributed by atoms with Gasteiger partial charge >= 0.3 is 5.97 Å². The van der Waals surface area contributed by atoms with Crippen molar-refractivity contribution in [3.63, 3.8) is 0 Å². The fourth-order valence-electron chi connectivity index (χ4n) is 3.29. The molecule has 1 fully saturated rings. The summed E-state index contributed by atoms with van der Waals surface area (Å²) in [6.07, 6.45) is 4.49. The van der Waals surface area contributed by atoms with Crippen molar-refractivity contribution in [2.45, 2.75) is 63.8 Å². The standard InChI is InChI=1S/C20H30N2O5S/c1-4-8-16(3)21-19(23)14-27-20(24)17-10-9-15(2)18(13-17)28(25,26)22-11-6-5-7-12-22/h9-10,13,16H,4-8,11-12,14H2,1-3H3,(H,21,23)/t16-/m1/s1. The van der Waals surface area contributed by atoms with Crippen molar-refractivity contribution in [3.05, 3.63) is 29.3 Å². The Balaban J connectivity index is 2.07. The molecule has 0 aromatic heterocycles. The lowest BCUT2D eigenvalue weighted by molar-refractivity contribution is -0.124. The van der Waals surface area contributed by atoms with E-state index < -0.39 is 22.6 Å². The molecule has 1 N–H and O–H groups in total. The molecule has 1 aromatic carbocycles. The van der Waals surface area contributed by atoms with Gasteiger partial charge in [0, 0.05) is 19.1 Å². The molecule has 28 heavy (non-hydrogen) atoms. The van der Waals surface area contributed by atoms with Gasteiger partial charge in [-0.3, -0.25) is 4.79 Å². The molecule has 7 nitrogen and oxygen atoms in total. The quantitative estimate of drug-likeness (QED) is 0.665. The van der Waals surface area contributed by atoms with Crippen LogP contribution in [0.1, 0.15) is 61.9 Å². The fraction of sp³-hybridized carbons (Fsp3) is 0.600. The van der Waals surface area contributed by atoms with Gasteiger partial charge in [0.25, 0.3) is 5.91 Å². The third-order valence-corrected chi connectivity index (χ3v) is 6.86. The Morgan fingerprint density at radius 1 is 1.21 bits per heavy atom. The number of piperidine rings is 1. The topological polar surface area (TPSA) is 92.8 Å². The van der Waals surface area contributed by atoms with E-state index in [1.54, 1.807) is 13.0 Å². The maximum Gasteiger partial charge on any atom is 0.338 e. The van der Waals surface area contributed by atoms with Gasteiger partial charge in [0.2, 0.25) is 10.0 Å². The van der Waals surface area contributed by atoms with Crippen LogP contribution < -0.4 is 5.32 Å². The molecular weight excluding hydrogens is 380 g/mol. The van der Waals surface area contributed by atoms with Crippen molar-refractivity contribution in [1.29, 1.82) is 0 Å². The highest BCUT2D eigenvalue weighted by Gasteiger charge is 2.28. The average Bonchev–Trinajstić information content (AvgIpc) is 2.67. The normalized spacial score (nSPS) is 16.4. The summed E-state index contributed by atoms with van der Waals surface area (Å²) >= 11 is 0. The first-order valence-electron chi connectivity index (χ1n) is 9.83. The highest BCUT2D eigenvalue weighted by atomic mass is 32.2. The SMILES string of the molecule is CCC[C@@H](C)NC(=O)COC(=O)c1ccc(C)c(S(=O)(=O)N2CCCCC2)c1. The Morgan fingerprint density at radius 2 is 1.89 bits per heavy atom. The van der Waals surface area contributed by atoms with E-state index >= 15 is 0 Å². The first kappa shape index (κ1) is 22.4. The summed E-state index contributed by atoms with van der Waals surface area (Å²) in [5.74, 6) is -1.09. The molecule has 0 spiro atoms. The van der Waals surface area contributed by atoms with E-state index in [0.717, 1.165) is 32.1 Å². The second-order valence-corrected chi connectivity index (χ2v) is 9.18. The van der Waals surface area contributed by atoms with Gasteiger partial charge in [0.15, 0.2) is 6.61 Å². The summed E-state index contributed by atoms with van der Waals surface area (Å²) in [7, 11) is -3.66. The van der Waals surface area contributed by atoms with Crippen molar-refractivity contribution in [1.82, 2.24) is 9.62 Å². The van der Waals surface area contributed by atoms with E-state index in [-0.39, 0.29) is 22.4 Å². The fourth-order valence-corrected chi connectivity index (χ4v) is 5.05. The number of sulfonamides is 1. The largest absolute Gasteiger partial charge is 0.452 e. The Labute approximate surface area is 167 Å². The first-order chi connectivity index (χ1) is 13.3. The maximum absolute atomic E-state index is 12.9. The van der Waals surface area contributed by atoms with Crippen molar-refractivity contribution in [2.24, 2.45) is 0 Å². The van der Waals surface area contributed by atoms with Crippen LogP contribution in [0, 0.1) is 6.92 Å². The minimum absolute atomic E-state index is 0.0110. The maximum atomic E-state index is 12.9. The highest BCUT2D eigenvalue weighted by molar-refractivity contribution is 7.89. The predicted molar refractivity (Wildman–Crippen MR) is 107 cm³/mol. The van der Waals surface area contributed by atoms with Crippen LogP contribution in [0.3, 0.4) is 0 Å². The molecule has 1 heterocycles. The number of benzene rings is 1. The molecule has 1 atom stereocenters. The van der Waals surface area contributed by atoms with E-state index in [0.29, 0.717) is 18.7 Å². The van der Waals surface area contributed by atoms with Crippen LogP contribution in [-0.2, 0) is 19.6 Å². The third-order valence-electron chi connectivity index (χ3n) is 4.82. The third kappa shape index (κ3) is 5.78. The van der Waals surface area contributed by atoms with E-state index in [4.69, 9.17) is 4.74 Å². The number of hydrogen-bond donors (Lipinski definition) is 1. The molecule has 0 aliphatic carbocycles. The lowest BCUT2D eigenvalue weighted by Gasteiger charge is -2.26. The molecule has 1 aliphatic heterocycles.